The highest BCUT2D eigenvalue weighted by molar-refractivity contribution is 5.95. The van der Waals surface area contributed by atoms with Crippen molar-refractivity contribution in [3.8, 4) is 5.75 Å². The van der Waals surface area contributed by atoms with Crippen molar-refractivity contribution in [2.24, 2.45) is 7.05 Å². The van der Waals surface area contributed by atoms with Gasteiger partial charge in [-0.3, -0.25) is 14.5 Å². The van der Waals surface area contributed by atoms with E-state index < -0.39 is 18.1 Å². The Labute approximate surface area is 171 Å². The Kier molecular flexibility index (Phi) is 6.09. The molecule has 6 nitrogen and oxygen atoms in total. The molecule has 1 atom stereocenters. The third-order valence-corrected chi connectivity index (χ3v) is 4.68. The van der Waals surface area contributed by atoms with Crippen LogP contribution in [0, 0.1) is 13.8 Å². The van der Waals surface area contributed by atoms with Crippen LogP contribution in [-0.2, 0) is 13.7 Å². The Morgan fingerprint density at radius 2 is 2.00 bits per heavy atom. The number of pyridine rings is 1. The molecule has 30 heavy (non-hydrogen) atoms. The fourth-order valence-electron chi connectivity index (χ4n) is 3.12. The molecule has 0 aliphatic heterocycles. The first kappa shape index (κ1) is 21.4. The van der Waals surface area contributed by atoms with E-state index in [1.54, 1.807) is 37.6 Å². The lowest BCUT2D eigenvalue weighted by atomic mass is 10.0. The fraction of sp³-hybridized carbons (Fsp3) is 0.286. The zero-order chi connectivity index (χ0) is 21.9. The van der Waals surface area contributed by atoms with Crippen LogP contribution < -0.4 is 10.1 Å². The second-order valence-corrected chi connectivity index (χ2v) is 6.83. The summed E-state index contributed by atoms with van der Waals surface area (Å²) in [6.45, 7) is 3.24. The number of benzene rings is 1. The number of rotatable bonds is 6. The maximum absolute atomic E-state index is 13.8. The molecule has 0 radical (unpaired) electrons. The van der Waals surface area contributed by atoms with Crippen molar-refractivity contribution in [1.29, 1.82) is 0 Å². The van der Waals surface area contributed by atoms with Crippen molar-refractivity contribution in [2.75, 3.05) is 0 Å². The first-order chi connectivity index (χ1) is 14.2. The highest BCUT2D eigenvalue weighted by Crippen LogP contribution is 2.36. The van der Waals surface area contributed by atoms with E-state index in [-0.39, 0.29) is 23.4 Å². The number of aryl methyl sites for hydroxylation is 2. The number of alkyl halides is 3. The topological polar surface area (TPSA) is 69.0 Å². The minimum absolute atomic E-state index is 0.0534. The molecule has 0 fully saturated rings. The van der Waals surface area contributed by atoms with Crippen LogP contribution in [0.5, 0.6) is 5.75 Å². The van der Waals surface area contributed by atoms with Crippen molar-refractivity contribution in [3.63, 3.8) is 0 Å². The molecule has 3 rings (SSSR count). The molecule has 2 heterocycles. The van der Waals surface area contributed by atoms with Gasteiger partial charge in [-0.15, -0.1) is 0 Å². The van der Waals surface area contributed by atoms with Gasteiger partial charge in [0.15, 0.2) is 6.04 Å². The van der Waals surface area contributed by atoms with E-state index in [2.05, 4.69) is 15.4 Å². The normalized spacial score (nSPS) is 12.5. The lowest BCUT2D eigenvalue weighted by Gasteiger charge is -2.22. The predicted molar refractivity (Wildman–Crippen MR) is 104 cm³/mol. The monoisotopic (exact) mass is 418 g/mol. The molecule has 1 amide bonds. The van der Waals surface area contributed by atoms with Gasteiger partial charge in [-0.1, -0.05) is 12.1 Å². The summed E-state index contributed by atoms with van der Waals surface area (Å²) in [5.41, 5.74) is 1.39. The number of amides is 1. The van der Waals surface area contributed by atoms with Crippen LogP contribution in [0.15, 0.2) is 48.8 Å². The average molecular weight is 418 g/mol. The van der Waals surface area contributed by atoms with Crippen molar-refractivity contribution in [3.05, 3.63) is 76.9 Å². The molecule has 2 aromatic heterocycles. The Morgan fingerprint density at radius 1 is 1.23 bits per heavy atom. The second kappa shape index (κ2) is 8.56. The Balaban J connectivity index is 1.79. The van der Waals surface area contributed by atoms with Crippen molar-refractivity contribution in [1.82, 2.24) is 20.1 Å². The van der Waals surface area contributed by atoms with Gasteiger partial charge >= 0.3 is 6.18 Å². The van der Waals surface area contributed by atoms with Crippen LogP contribution >= 0.6 is 0 Å². The number of hydrogen-bond acceptors (Lipinski definition) is 4. The van der Waals surface area contributed by atoms with Crippen molar-refractivity contribution >= 4 is 5.91 Å². The first-order valence-electron chi connectivity index (χ1n) is 9.16. The molecule has 1 aromatic carbocycles. The van der Waals surface area contributed by atoms with Crippen molar-refractivity contribution < 1.29 is 22.7 Å². The largest absolute Gasteiger partial charge is 0.489 e. The number of carbonyl (C=O) groups is 1. The molecule has 1 unspecified atom stereocenters. The van der Waals surface area contributed by atoms with Gasteiger partial charge in [0.1, 0.15) is 12.4 Å². The van der Waals surface area contributed by atoms with Gasteiger partial charge in [0.25, 0.3) is 5.91 Å². The quantitative estimate of drug-likeness (QED) is 0.656. The highest BCUT2D eigenvalue weighted by atomic mass is 19.4. The summed E-state index contributed by atoms with van der Waals surface area (Å²) in [6.07, 6.45) is -1.40. The lowest BCUT2D eigenvalue weighted by molar-refractivity contribution is -0.155. The van der Waals surface area contributed by atoms with Gasteiger partial charge in [-0.05, 0) is 38.1 Å². The van der Waals surface area contributed by atoms with Gasteiger partial charge in [-0.2, -0.15) is 18.3 Å². The van der Waals surface area contributed by atoms with E-state index in [4.69, 9.17) is 4.74 Å². The summed E-state index contributed by atoms with van der Waals surface area (Å²) < 4.78 is 48.3. The maximum Gasteiger partial charge on any atom is 0.413 e. The zero-order valence-corrected chi connectivity index (χ0v) is 16.7. The minimum Gasteiger partial charge on any atom is -0.489 e. The van der Waals surface area contributed by atoms with E-state index in [1.165, 1.54) is 30.7 Å². The van der Waals surface area contributed by atoms with Crippen LogP contribution in [0.3, 0.4) is 0 Å². The van der Waals surface area contributed by atoms with Gasteiger partial charge in [0, 0.05) is 41.8 Å². The zero-order valence-electron chi connectivity index (χ0n) is 16.7. The number of nitrogens with one attached hydrogen (secondary N) is 1. The highest BCUT2D eigenvalue weighted by Gasteiger charge is 2.44. The lowest BCUT2D eigenvalue weighted by Crippen LogP contribution is -2.38. The van der Waals surface area contributed by atoms with E-state index >= 15 is 0 Å². The molecule has 9 heteroatoms. The minimum atomic E-state index is -4.68. The molecule has 0 spiro atoms. The van der Waals surface area contributed by atoms with Crippen LogP contribution in [0.1, 0.15) is 38.9 Å². The summed E-state index contributed by atoms with van der Waals surface area (Å²) >= 11 is 0. The molecule has 0 aliphatic carbocycles. The molecule has 0 saturated carbocycles. The molecule has 0 saturated heterocycles. The van der Waals surface area contributed by atoms with E-state index in [0.29, 0.717) is 11.4 Å². The third-order valence-electron chi connectivity index (χ3n) is 4.68. The molecule has 0 aliphatic rings. The summed E-state index contributed by atoms with van der Waals surface area (Å²) in [5, 5.41) is 6.14. The number of carbonyl (C=O) groups excluding carboxylic acids is 1. The van der Waals surface area contributed by atoms with E-state index in [9.17, 15) is 18.0 Å². The van der Waals surface area contributed by atoms with Gasteiger partial charge in [0.2, 0.25) is 0 Å². The summed E-state index contributed by atoms with van der Waals surface area (Å²) in [6, 6.07) is 7.45. The predicted octanol–water partition coefficient (Wildman–Crippen LogP) is 4.04. The van der Waals surface area contributed by atoms with E-state index in [1.807, 2.05) is 6.07 Å². The summed E-state index contributed by atoms with van der Waals surface area (Å²) in [4.78, 5) is 16.6. The van der Waals surface area contributed by atoms with Gasteiger partial charge in [-0.25, -0.2) is 0 Å². The Bertz CT molecular complexity index is 1030. The van der Waals surface area contributed by atoms with Crippen molar-refractivity contribution in [2.45, 2.75) is 32.7 Å². The summed E-state index contributed by atoms with van der Waals surface area (Å²) in [5.74, 6) is -0.490. The van der Waals surface area contributed by atoms with Crippen LogP contribution in [-0.4, -0.2) is 26.8 Å². The maximum atomic E-state index is 13.8. The molecule has 1 N–H and O–H groups in total. The smallest absolute Gasteiger partial charge is 0.413 e. The van der Waals surface area contributed by atoms with E-state index in [0.717, 1.165) is 5.56 Å². The third kappa shape index (κ3) is 4.79. The van der Waals surface area contributed by atoms with Crippen LogP contribution in [0.25, 0.3) is 0 Å². The SMILES string of the molecule is Cc1nn(C)c(C)c1C(NC(=O)c1cccc(OCc2cccnc2)c1)C(F)(F)F. The van der Waals surface area contributed by atoms with Crippen LogP contribution in [0.4, 0.5) is 13.2 Å². The van der Waals surface area contributed by atoms with Gasteiger partial charge < -0.3 is 10.1 Å². The van der Waals surface area contributed by atoms with Crippen LogP contribution in [0.2, 0.25) is 0 Å². The van der Waals surface area contributed by atoms with Gasteiger partial charge in [0.05, 0.1) is 5.69 Å². The molecule has 3 aromatic rings. The first-order valence-corrected chi connectivity index (χ1v) is 9.16. The molecule has 0 bridgehead atoms. The number of ether oxygens (including phenoxy) is 1. The Morgan fingerprint density at radius 3 is 2.60 bits per heavy atom. The summed E-state index contributed by atoms with van der Waals surface area (Å²) in [7, 11) is 1.56. The standard InChI is InChI=1S/C21H21F3N4O2/c1-13-18(14(2)28(3)27-13)19(21(22,23)24)26-20(29)16-7-4-8-17(10-16)30-12-15-6-5-9-25-11-15/h4-11,19H,12H2,1-3H3,(H,26,29). The fourth-order valence-corrected chi connectivity index (χ4v) is 3.12. The second-order valence-electron chi connectivity index (χ2n) is 6.83. The molecule has 158 valence electrons. The number of aromatic nitrogens is 3. The Hall–Kier alpha value is -3.36. The average Bonchev–Trinajstić information content (AvgIpc) is 2.96. The number of halogens is 3. The molecular weight excluding hydrogens is 397 g/mol. The number of hydrogen-bond donors (Lipinski definition) is 1. The molecular formula is C21H21F3N4O2. The number of nitrogens with zero attached hydrogens (tertiary/aromatic N) is 3.